The molecule has 0 aliphatic heterocycles. The first kappa shape index (κ1) is 47.2. The molecule has 0 unspecified atom stereocenters. The molecule has 0 saturated heterocycles. The predicted molar refractivity (Wildman–Crippen MR) is 209 cm³/mol. The van der Waals surface area contributed by atoms with Crippen molar-refractivity contribution < 1.29 is 19.0 Å². The second-order valence-corrected chi connectivity index (χ2v) is 14.7. The molecule has 48 heavy (non-hydrogen) atoms. The first-order valence-electron chi connectivity index (χ1n) is 21.8. The van der Waals surface area contributed by atoms with Crippen LogP contribution in [0.3, 0.4) is 0 Å². The molecule has 0 aromatic rings. The van der Waals surface area contributed by atoms with E-state index in [2.05, 4.69) is 19.2 Å². The molecule has 5 heteroatoms. The molecule has 0 aliphatic rings. The summed E-state index contributed by atoms with van der Waals surface area (Å²) in [5.74, 6) is 0. The minimum absolute atomic E-state index is 0.185. The van der Waals surface area contributed by atoms with Crippen molar-refractivity contribution in [3.05, 3.63) is 0 Å². The van der Waals surface area contributed by atoms with E-state index in [-0.39, 0.29) is 18.8 Å². The van der Waals surface area contributed by atoms with Gasteiger partial charge in [-0.1, -0.05) is 213 Å². The van der Waals surface area contributed by atoms with E-state index in [1.54, 1.807) is 0 Å². The monoisotopic (exact) mass is 682 g/mol. The Balaban J connectivity index is 3.74. The summed E-state index contributed by atoms with van der Waals surface area (Å²) in [6, 6.07) is 0. The largest absolute Gasteiger partial charge is 0.447 e. The summed E-state index contributed by atoms with van der Waals surface area (Å²) in [7, 11) is 0. The van der Waals surface area contributed by atoms with E-state index in [1.165, 1.54) is 193 Å². The molecule has 0 aromatic heterocycles. The van der Waals surface area contributed by atoms with Crippen LogP contribution < -0.4 is 5.32 Å². The van der Waals surface area contributed by atoms with Crippen molar-refractivity contribution in [3.8, 4) is 0 Å². The van der Waals surface area contributed by atoms with Crippen molar-refractivity contribution in [1.29, 1.82) is 0 Å². The number of carbonyl (C=O) groups is 1. The highest BCUT2D eigenvalue weighted by molar-refractivity contribution is 5.67. The SMILES string of the molecule is CCCCCCCCCCCCCCCCCCOC[C@H](COC(=O)NCCC)OCCCCCCCCCCCCCCCCCC. The van der Waals surface area contributed by atoms with Crippen molar-refractivity contribution in [2.75, 3.05) is 33.0 Å². The molecular weight excluding hydrogens is 594 g/mol. The van der Waals surface area contributed by atoms with Crippen LogP contribution in [0.4, 0.5) is 4.79 Å². The summed E-state index contributed by atoms with van der Waals surface area (Å²) >= 11 is 0. The molecule has 0 aliphatic carbocycles. The number of hydrogen-bond acceptors (Lipinski definition) is 4. The van der Waals surface area contributed by atoms with Crippen LogP contribution in [0.25, 0.3) is 0 Å². The maximum absolute atomic E-state index is 12.0. The highest BCUT2D eigenvalue weighted by Crippen LogP contribution is 2.15. The number of ether oxygens (including phenoxy) is 3. The van der Waals surface area contributed by atoms with E-state index in [0.29, 0.717) is 19.8 Å². The smallest absolute Gasteiger partial charge is 0.407 e. The molecule has 0 spiro atoms. The zero-order chi connectivity index (χ0) is 34.9. The number of rotatable bonds is 41. The van der Waals surface area contributed by atoms with Gasteiger partial charge in [-0.3, -0.25) is 0 Å². The summed E-state index contributed by atoms with van der Waals surface area (Å²) in [5, 5.41) is 2.78. The van der Waals surface area contributed by atoms with Gasteiger partial charge in [0.25, 0.3) is 0 Å². The first-order valence-corrected chi connectivity index (χ1v) is 21.8. The Morgan fingerprint density at radius 2 is 0.750 bits per heavy atom. The molecule has 0 saturated carbocycles. The number of nitrogens with one attached hydrogen (secondary N) is 1. The molecule has 0 aromatic carbocycles. The predicted octanol–water partition coefficient (Wildman–Crippen LogP) is 14.0. The van der Waals surface area contributed by atoms with Gasteiger partial charge in [-0.25, -0.2) is 4.79 Å². The van der Waals surface area contributed by atoms with E-state index in [0.717, 1.165) is 25.9 Å². The second kappa shape index (κ2) is 42.4. The maximum atomic E-state index is 12.0. The van der Waals surface area contributed by atoms with Crippen LogP contribution in [0.5, 0.6) is 0 Å². The summed E-state index contributed by atoms with van der Waals surface area (Å²) in [6.07, 6.45) is 44.3. The summed E-state index contributed by atoms with van der Waals surface area (Å²) in [6.45, 7) is 9.49. The van der Waals surface area contributed by atoms with Gasteiger partial charge in [-0.15, -0.1) is 0 Å². The lowest BCUT2D eigenvalue weighted by atomic mass is 10.0. The number of alkyl carbamates (subject to hydrolysis) is 1. The highest BCUT2D eigenvalue weighted by atomic mass is 16.6. The van der Waals surface area contributed by atoms with E-state index < -0.39 is 0 Å². The zero-order valence-electron chi connectivity index (χ0n) is 33.1. The minimum Gasteiger partial charge on any atom is -0.447 e. The molecule has 0 radical (unpaired) electrons. The average Bonchev–Trinajstić information content (AvgIpc) is 3.10. The van der Waals surface area contributed by atoms with Gasteiger partial charge in [0.05, 0.1) is 6.61 Å². The molecular formula is C43H87NO4. The second-order valence-electron chi connectivity index (χ2n) is 14.7. The molecule has 1 amide bonds. The summed E-state index contributed by atoms with van der Waals surface area (Å²) < 4.78 is 17.5. The highest BCUT2D eigenvalue weighted by Gasteiger charge is 2.13. The van der Waals surface area contributed by atoms with Gasteiger partial charge >= 0.3 is 6.09 Å². The quantitative estimate of drug-likeness (QED) is 0.0653. The average molecular weight is 682 g/mol. The van der Waals surface area contributed by atoms with Crippen LogP contribution in [0.2, 0.25) is 0 Å². The van der Waals surface area contributed by atoms with E-state index in [1.807, 2.05) is 6.92 Å². The fourth-order valence-corrected chi connectivity index (χ4v) is 6.46. The van der Waals surface area contributed by atoms with Gasteiger partial charge in [0.1, 0.15) is 12.7 Å². The van der Waals surface area contributed by atoms with Gasteiger partial charge in [-0.05, 0) is 19.3 Å². The van der Waals surface area contributed by atoms with E-state index >= 15 is 0 Å². The lowest BCUT2D eigenvalue weighted by molar-refractivity contribution is -0.0468. The molecule has 0 bridgehead atoms. The van der Waals surface area contributed by atoms with Gasteiger partial charge in [0.15, 0.2) is 0 Å². The van der Waals surface area contributed by atoms with Crippen LogP contribution in [0.1, 0.15) is 233 Å². The third-order valence-electron chi connectivity index (χ3n) is 9.72. The molecule has 288 valence electrons. The number of carbonyl (C=O) groups excluding carboxylic acids is 1. The lowest BCUT2D eigenvalue weighted by Crippen LogP contribution is -2.32. The summed E-state index contributed by atoms with van der Waals surface area (Å²) in [5.41, 5.74) is 0. The molecule has 0 heterocycles. The fraction of sp³-hybridized carbons (Fsp3) is 0.977. The van der Waals surface area contributed by atoms with Crippen LogP contribution in [-0.2, 0) is 14.2 Å². The Morgan fingerprint density at radius 1 is 0.417 bits per heavy atom. The van der Waals surface area contributed by atoms with Crippen molar-refractivity contribution in [1.82, 2.24) is 5.32 Å². The third-order valence-corrected chi connectivity index (χ3v) is 9.72. The fourth-order valence-electron chi connectivity index (χ4n) is 6.46. The third kappa shape index (κ3) is 39.6. The summed E-state index contributed by atoms with van der Waals surface area (Å²) in [4.78, 5) is 12.0. The van der Waals surface area contributed by atoms with Crippen molar-refractivity contribution in [2.24, 2.45) is 0 Å². The zero-order valence-corrected chi connectivity index (χ0v) is 33.1. The Bertz CT molecular complexity index is 601. The topological polar surface area (TPSA) is 56.8 Å². The van der Waals surface area contributed by atoms with Crippen LogP contribution in [0, 0.1) is 0 Å². The molecule has 1 atom stereocenters. The van der Waals surface area contributed by atoms with E-state index in [4.69, 9.17) is 14.2 Å². The van der Waals surface area contributed by atoms with Gasteiger partial charge in [0.2, 0.25) is 0 Å². The Labute approximate surface area is 301 Å². The van der Waals surface area contributed by atoms with Crippen LogP contribution in [-0.4, -0.2) is 45.2 Å². The number of hydrogen-bond donors (Lipinski definition) is 1. The van der Waals surface area contributed by atoms with Crippen molar-refractivity contribution >= 4 is 6.09 Å². The molecule has 0 rings (SSSR count). The lowest BCUT2D eigenvalue weighted by Gasteiger charge is -2.18. The van der Waals surface area contributed by atoms with Gasteiger partial charge < -0.3 is 19.5 Å². The Kier molecular flexibility index (Phi) is 41.6. The maximum Gasteiger partial charge on any atom is 0.407 e. The normalized spacial score (nSPS) is 12.1. The molecule has 1 N–H and O–H groups in total. The number of unbranched alkanes of at least 4 members (excludes halogenated alkanes) is 30. The van der Waals surface area contributed by atoms with Crippen LogP contribution in [0.15, 0.2) is 0 Å². The number of amides is 1. The minimum atomic E-state index is -0.356. The standard InChI is InChI=1S/C43H87NO4/c1-4-7-9-11-13-15-17-19-21-23-25-27-29-31-33-35-38-46-40-42(41-48-43(45)44-37-6-3)47-39-36-34-32-30-28-26-24-22-20-18-16-14-12-10-8-5-2/h42H,4-41H2,1-3H3,(H,44,45)/t42-/m1/s1. The van der Waals surface area contributed by atoms with Crippen molar-refractivity contribution in [3.63, 3.8) is 0 Å². The van der Waals surface area contributed by atoms with Gasteiger partial charge in [-0.2, -0.15) is 0 Å². The Morgan fingerprint density at radius 3 is 1.10 bits per heavy atom. The van der Waals surface area contributed by atoms with Gasteiger partial charge in [0, 0.05) is 19.8 Å². The van der Waals surface area contributed by atoms with Crippen LogP contribution >= 0.6 is 0 Å². The first-order chi connectivity index (χ1) is 23.7. The van der Waals surface area contributed by atoms with E-state index in [9.17, 15) is 4.79 Å². The molecule has 0 fully saturated rings. The van der Waals surface area contributed by atoms with Crippen molar-refractivity contribution in [2.45, 2.75) is 239 Å². The molecule has 5 nitrogen and oxygen atoms in total. The Hall–Kier alpha value is -0.810.